The van der Waals surface area contributed by atoms with E-state index in [0.29, 0.717) is 41.9 Å². The average molecular weight is 502 g/mol. The van der Waals surface area contributed by atoms with Crippen LogP contribution in [0.15, 0.2) is 84.9 Å². The van der Waals surface area contributed by atoms with E-state index in [2.05, 4.69) is 0 Å². The molecule has 1 unspecified atom stereocenters. The minimum atomic E-state index is -0.145. The van der Waals surface area contributed by atoms with Gasteiger partial charge in [-0.2, -0.15) is 5.10 Å². The first-order valence-corrected chi connectivity index (χ1v) is 12.5. The minimum Gasteiger partial charge on any atom is -0.439 e. The first-order valence-electron chi connectivity index (χ1n) is 12.1. The van der Waals surface area contributed by atoms with E-state index < -0.39 is 0 Å². The Bertz CT molecular complexity index is 1320. The molecule has 1 saturated heterocycles. The summed E-state index contributed by atoms with van der Waals surface area (Å²) >= 11 is 6.42. The van der Waals surface area contributed by atoms with E-state index in [4.69, 9.17) is 26.2 Å². The molecule has 7 heteroatoms. The summed E-state index contributed by atoms with van der Waals surface area (Å²) in [6.07, 6.45) is 1.90. The van der Waals surface area contributed by atoms with E-state index in [9.17, 15) is 4.79 Å². The van der Waals surface area contributed by atoms with Crippen LogP contribution in [0.1, 0.15) is 34.5 Å². The Hall–Kier alpha value is -3.61. The van der Waals surface area contributed by atoms with Gasteiger partial charge in [-0.25, -0.2) is 4.68 Å². The van der Waals surface area contributed by atoms with Gasteiger partial charge in [-0.1, -0.05) is 60.1 Å². The van der Waals surface area contributed by atoms with Crippen LogP contribution in [0.2, 0.25) is 5.02 Å². The predicted molar refractivity (Wildman–Crippen MR) is 140 cm³/mol. The molecule has 1 aliphatic rings. The second kappa shape index (κ2) is 11.0. The third kappa shape index (κ3) is 5.30. The van der Waals surface area contributed by atoms with Crippen LogP contribution in [-0.2, 0) is 11.3 Å². The number of aromatic nitrogens is 2. The van der Waals surface area contributed by atoms with E-state index >= 15 is 0 Å². The largest absolute Gasteiger partial charge is 0.439 e. The fourth-order valence-electron chi connectivity index (χ4n) is 4.42. The number of carbonyl (C=O) groups excluding carboxylic acids is 1. The number of hydrogen-bond donors (Lipinski definition) is 0. The Labute approximate surface area is 216 Å². The molecule has 3 aromatic carbocycles. The molecule has 1 atom stereocenters. The normalized spacial score (nSPS) is 15.1. The van der Waals surface area contributed by atoms with Gasteiger partial charge >= 0.3 is 0 Å². The molecule has 0 bridgehead atoms. The Balaban J connectivity index is 1.55. The lowest BCUT2D eigenvalue weighted by molar-refractivity contribution is 0.0505. The van der Waals surface area contributed by atoms with E-state index in [-0.39, 0.29) is 12.0 Å². The van der Waals surface area contributed by atoms with Gasteiger partial charge in [-0.3, -0.25) is 4.79 Å². The molecule has 1 aliphatic heterocycles. The van der Waals surface area contributed by atoms with Gasteiger partial charge in [0, 0.05) is 13.2 Å². The number of halogens is 1. The lowest BCUT2D eigenvalue weighted by Crippen LogP contribution is -2.37. The molecule has 0 N–H and O–H groups in total. The SMILES string of the molecule is Cc1nn(-c2ccccc2)c(Oc2ccccc2)c1CN(CC1CCCO1)C(=O)c1ccccc1Cl. The Kier molecular flexibility index (Phi) is 7.35. The topological polar surface area (TPSA) is 56.6 Å². The molecule has 0 aliphatic carbocycles. The number of hydrogen-bond acceptors (Lipinski definition) is 4. The van der Waals surface area contributed by atoms with Crippen LogP contribution in [0.4, 0.5) is 0 Å². The van der Waals surface area contributed by atoms with Crippen molar-refractivity contribution in [3.8, 4) is 17.3 Å². The number of aryl methyl sites for hydroxylation is 1. The number of benzene rings is 3. The molecule has 5 rings (SSSR count). The molecule has 1 aromatic heterocycles. The number of ether oxygens (including phenoxy) is 2. The summed E-state index contributed by atoms with van der Waals surface area (Å²) in [5.74, 6) is 1.13. The van der Waals surface area contributed by atoms with Gasteiger partial charge in [0.25, 0.3) is 5.91 Å². The highest BCUT2D eigenvalue weighted by Crippen LogP contribution is 2.32. The Morgan fingerprint density at radius 1 is 1.06 bits per heavy atom. The van der Waals surface area contributed by atoms with Crippen LogP contribution in [0.5, 0.6) is 11.6 Å². The second-order valence-corrected chi connectivity index (χ2v) is 9.24. The van der Waals surface area contributed by atoms with Gasteiger partial charge < -0.3 is 14.4 Å². The molecule has 6 nitrogen and oxygen atoms in total. The van der Waals surface area contributed by atoms with E-state index in [1.807, 2.05) is 79.7 Å². The fraction of sp³-hybridized carbons (Fsp3) is 0.241. The van der Waals surface area contributed by atoms with Crippen molar-refractivity contribution in [3.05, 3.63) is 107 Å². The number of para-hydroxylation sites is 2. The van der Waals surface area contributed by atoms with Gasteiger partial charge in [0.1, 0.15) is 5.75 Å². The first kappa shape index (κ1) is 24.1. The first-order chi connectivity index (χ1) is 17.6. The van der Waals surface area contributed by atoms with Crippen molar-refractivity contribution < 1.29 is 14.3 Å². The molecule has 1 fully saturated rings. The smallest absolute Gasteiger partial charge is 0.255 e. The average Bonchev–Trinajstić information content (AvgIpc) is 3.53. The molecule has 2 heterocycles. The number of amides is 1. The van der Waals surface area contributed by atoms with Crippen LogP contribution in [0.25, 0.3) is 5.69 Å². The van der Waals surface area contributed by atoms with Crippen molar-refractivity contribution in [2.24, 2.45) is 0 Å². The zero-order valence-corrected chi connectivity index (χ0v) is 20.9. The maximum Gasteiger partial charge on any atom is 0.255 e. The Morgan fingerprint density at radius 3 is 2.44 bits per heavy atom. The summed E-state index contributed by atoms with van der Waals surface area (Å²) in [4.78, 5) is 15.5. The highest BCUT2D eigenvalue weighted by Gasteiger charge is 2.28. The lowest BCUT2D eigenvalue weighted by atomic mass is 10.1. The van der Waals surface area contributed by atoms with E-state index in [1.165, 1.54) is 0 Å². The summed E-state index contributed by atoms with van der Waals surface area (Å²) in [6.45, 7) is 3.43. The van der Waals surface area contributed by atoms with Crippen molar-refractivity contribution in [1.82, 2.24) is 14.7 Å². The zero-order valence-electron chi connectivity index (χ0n) is 20.1. The molecule has 4 aromatic rings. The molecular weight excluding hydrogens is 474 g/mol. The molecule has 1 amide bonds. The lowest BCUT2D eigenvalue weighted by Gasteiger charge is -2.26. The van der Waals surface area contributed by atoms with E-state index in [0.717, 1.165) is 29.8 Å². The fourth-order valence-corrected chi connectivity index (χ4v) is 4.64. The Morgan fingerprint density at radius 2 is 1.75 bits per heavy atom. The van der Waals surface area contributed by atoms with Crippen LogP contribution >= 0.6 is 11.6 Å². The van der Waals surface area contributed by atoms with Gasteiger partial charge in [0.2, 0.25) is 5.88 Å². The van der Waals surface area contributed by atoms with Crippen molar-refractivity contribution in [1.29, 1.82) is 0 Å². The molecular formula is C29H28ClN3O3. The molecule has 0 spiro atoms. The van der Waals surface area contributed by atoms with Crippen LogP contribution in [0.3, 0.4) is 0 Å². The van der Waals surface area contributed by atoms with Gasteiger partial charge in [0.05, 0.1) is 40.2 Å². The molecule has 0 radical (unpaired) electrons. The maximum atomic E-state index is 13.7. The predicted octanol–water partition coefficient (Wildman–Crippen LogP) is 6.45. The maximum absolute atomic E-state index is 13.7. The van der Waals surface area contributed by atoms with Crippen molar-refractivity contribution in [2.75, 3.05) is 13.2 Å². The van der Waals surface area contributed by atoms with Crippen molar-refractivity contribution in [3.63, 3.8) is 0 Å². The highest BCUT2D eigenvalue weighted by atomic mass is 35.5. The molecule has 184 valence electrons. The highest BCUT2D eigenvalue weighted by molar-refractivity contribution is 6.33. The number of carbonyl (C=O) groups is 1. The third-order valence-corrected chi connectivity index (χ3v) is 6.61. The summed E-state index contributed by atoms with van der Waals surface area (Å²) in [5.41, 5.74) is 2.96. The van der Waals surface area contributed by atoms with Gasteiger partial charge in [0.15, 0.2) is 0 Å². The van der Waals surface area contributed by atoms with Gasteiger partial charge in [-0.05, 0) is 56.2 Å². The van der Waals surface area contributed by atoms with Crippen LogP contribution in [-0.4, -0.2) is 39.8 Å². The van der Waals surface area contributed by atoms with Gasteiger partial charge in [-0.15, -0.1) is 0 Å². The number of nitrogens with zero attached hydrogens (tertiary/aromatic N) is 3. The number of rotatable bonds is 8. The monoisotopic (exact) mass is 501 g/mol. The minimum absolute atomic E-state index is 0.0144. The standard InChI is InChI=1S/C29H28ClN3O3/c1-21-26(20-32(19-24-15-10-18-35-24)28(34)25-16-8-9-17-27(25)30)29(36-23-13-6-3-7-14-23)33(31-21)22-11-4-2-5-12-22/h2-9,11-14,16-17,24H,10,15,18-20H2,1H3. The second-order valence-electron chi connectivity index (χ2n) is 8.83. The summed E-state index contributed by atoms with van der Waals surface area (Å²) in [6, 6.07) is 26.6. The van der Waals surface area contributed by atoms with E-state index in [1.54, 1.807) is 21.7 Å². The quantitative estimate of drug-likeness (QED) is 0.278. The zero-order chi connectivity index (χ0) is 24.9. The summed E-state index contributed by atoms with van der Waals surface area (Å²) in [5, 5.41) is 5.24. The molecule has 36 heavy (non-hydrogen) atoms. The van der Waals surface area contributed by atoms with Crippen LogP contribution < -0.4 is 4.74 Å². The summed E-state index contributed by atoms with van der Waals surface area (Å²) in [7, 11) is 0. The third-order valence-electron chi connectivity index (χ3n) is 6.28. The summed E-state index contributed by atoms with van der Waals surface area (Å²) < 4.78 is 14.1. The molecule has 0 saturated carbocycles. The van der Waals surface area contributed by atoms with Crippen molar-refractivity contribution in [2.45, 2.75) is 32.4 Å². The van der Waals surface area contributed by atoms with Crippen LogP contribution in [0, 0.1) is 6.92 Å². The van der Waals surface area contributed by atoms with Crippen molar-refractivity contribution >= 4 is 17.5 Å².